The van der Waals surface area contributed by atoms with Gasteiger partial charge >= 0.3 is 0 Å². The van der Waals surface area contributed by atoms with Gasteiger partial charge in [0.05, 0.1) is 0 Å². The maximum Gasteiger partial charge on any atom is 0.254 e. The summed E-state index contributed by atoms with van der Waals surface area (Å²) in [5.41, 5.74) is 2.17. The third-order valence-corrected chi connectivity index (χ3v) is 4.02. The van der Waals surface area contributed by atoms with Crippen LogP contribution < -0.4 is 5.32 Å². The van der Waals surface area contributed by atoms with Gasteiger partial charge in [-0.05, 0) is 37.0 Å². The predicted molar refractivity (Wildman–Crippen MR) is 90.4 cm³/mol. The van der Waals surface area contributed by atoms with Crippen molar-refractivity contribution < 1.29 is 4.79 Å². The first kappa shape index (κ1) is 18.0. The summed E-state index contributed by atoms with van der Waals surface area (Å²) in [7, 11) is 0. The highest BCUT2D eigenvalue weighted by atomic mass is 35.5. The summed E-state index contributed by atoms with van der Waals surface area (Å²) in [5.74, 6) is 0.145. The molecule has 2 atom stereocenters. The molecule has 1 amide bonds. The van der Waals surface area contributed by atoms with Crippen molar-refractivity contribution in [2.45, 2.75) is 52.1 Å². The summed E-state index contributed by atoms with van der Waals surface area (Å²) in [6.07, 6.45) is 0. The smallest absolute Gasteiger partial charge is 0.254 e. The third-order valence-electron chi connectivity index (χ3n) is 4.02. The summed E-state index contributed by atoms with van der Waals surface area (Å²) in [5, 5.41) is 3.40. The molecule has 1 heterocycles. The fraction of sp³-hybridized carbons (Fsp3) is 0.588. The van der Waals surface area contributed by atoms with Crippen LogP contribution in [0.15, 0.2) is 24.3 Å². The molecule has 1 aliphatic rings. The second-order valence-electron chi connectivity index (χ2n) is 6.94. The van der Waals surface area contributed by atoms with E-state index in [0.29, 0.717) is 6.04 Å². The monoisotopic (exact) mass is 310 g/mol. The highest BCUT2D eigenvalue weighted by Crippen LogP contribution is 2.23. The van der Waals surface area contributed by atoms with Crippen LogP contribution in [0.2, 0.25) is 0 Å². The molecule has 1 aliphatic heterocycles. The molecule has 1 fully saturated rings. The maximum absolute atomic E-state index is 12.6. The van der Waals surface area contributed by atoms with Crippen LogP contribution in [0, 0.1) is 0 Å². The molecule has 1 aromatic carbocycles. The number of amides is 1. The van der Waals surface area contributed by atoms with E-state index in [-0.39, 0.29) is 29.8 Å². The third kappa shape index (κ3) is 4.21. The number of carbonyl (C=O) groups is 1. The van der Waals surface area contributed by atoms with Crippen molar-refractivity contribution >= 4 is 18.3 Å². The Morgan fingerprint density at radius 1 is 1.19 bits per heavy atom. The number of rotatable bonds is 1. The van der Waals surface area contributed by atoms with Crippen molar-refractivity contribution in [3.63, 3.8) is 0 Å². The van der Waals surface area contributed by atoms with Gasteiger partial charge in [0, 0.05) is 30.7 Å². The van der Waals surface area contributed by atoms with Gasteiger partial charge in [0.15, 0.2) is 0 Å². The van der Waals surface area contributed by atoms with Gasteiger partial charge in [-0.1, -0.05) is 32.9 Å². The summed E-state index contributed by atoms with van der Waals surface area (Å²) in [6.45, 7) is 12.4. The molecular formula is C17H27ClN2O. The van der Waals surface area contributed by atoms with Crippen LogP contribution in [0.5, 0.6) is 0 Å². The minimum absolute atomic E-state index is 0. The van der Waals surface area contributed by atoms with Gasteiger partial charge in [0.2, 0.25) is 0 Å². The average molecular weight is 311 g/mol. The topological polar surface area (TPSA) is 32.3 Å². The molecule has 2 unspecified atom stereocenters. The number of hydrogen-bond donors (Lipinski definition) is 1. The van der Waals surface area contributed by atoms with Crippen LogP contribution in [0.25, 0.3) is 0 Å². The van der Waals surface area contributed by atoms with E-state index in [9.17, 15) is 4.79 Å². The fourth-order valence-corrected chi connectivity index (χ4v) is 2.58. The lowest BCUT2D eigenvalue weighted by molar-refractivity contribution is 0.0616. The zero-order chi connectivity index (χ0) is 14.9. The van der Waals surface area contributed by atoms with Gasteiger partial charge in [-0.15, -0.1) is 12.4 Å². The van der Waals surface area contributed by atoms with Crippen LogP contribution >= 0.6 is 12.4 Å². The lowest BCUT2D eigenvalue weighted by Crippen LogP contribution is -2.56. The molecule has 0 saturated carbocycles. The fourth-order valence-electron chi connectivity index (χ4n) is 2.58. The van der Waals surface area contributed by atoms with Gasteiger partial charge in [-0.25, -0.2) is 0 Å². The number of halogens is 1. The molecule has 1 N–H and O–H groups in total. The molecule has 0 aromatic heterocycles. The number of nitrogens with zero attached hydrogens (tertiary/aromatic N) is 1. The molecule has 1 saturated heterocycles. The average Bonchev–Trinajstić information content (AvgIpc) is 2.40. The summed E-state index contributed by atoms with van der Waals surface area (Å²) in [6, 6.07) is 8.68. The quantitative estimate of drug-likeness (QED) is 0.863. The highest BCUT2D eigenvalue weighted by Gasteiger charge is 2.27. The van der Waals surface area contributed by atoms with Crippen LogP contribution in [0.3, 0.4) is 0 Å². The summed E-state index contributed by atoms with van der Waals surface area (Å²) in [4.78, 5) is 14.6. The highest BCUT2D eigenvalue weighted by molar-refractivity contribution is 5.94. The standard InChI is InChI=1S/C17H26N2O.ClH/c1-12-11-19(13(2)10-18-12)16(20)14-6-8-15(9-7-14)17(3,4)5;/h6-9,12-13,18H,10-11H2,1-5H3;1H. The van der Waals surface area contributed by atoms with E-state index in [1.54, 1.807) is 0 Å². The largest absolute Gasteiger partial charge is 0.333 e. The summed E-state index contributed by atoms with van der Waals surface area (Å²) < 4.78 is 0. The first-order valence-electron chi connectivity index (χ1n) is 7.44. The normalized spacial score (nSPS) is 22.6. The molecule has 21 heavy (non-hydrogen) atoms. The van der Waals surface area contributed by atoms with Crippen LogP contribution in [-0.2, 0) is 5.41 Å². The molecule has 0 aliphatic carbocycles. The Labute approximate surface area is 134 Å². The first-order valence-corrected chi connectivity index (χ1v) is 7.44. The van der Waals surface area contributed by atoms with E-state index in [4.69, 9.17) is 0 Å². The molecule has 0 bridgehead atoms. The van der Waals surface area contributed by atoms with E-state index < -0.39 is 0 Å². The first-order chi connectivity index (χ1) is 9.29. The second kappa shape index (κ2) is 6.80. The Morgan fingerprint density at radius 3 is 2.29 bits per heavy atom. The molecule has 0 spiro atoms. The lowest BCUT2D eigenvalue weighted by Gasteiger charge is -2.37. The number of nitrogens with one attached hydrogen (secondary N) is 1. The van der Waals surface area contributed by atoms with Crippen molar-refractivity contribution in [2.24, 2.45) is 0 Å². The SMILES string of the molecule is CC1CN(C(=O)c2ccc(C(C)(C)C)cc2)C(C)CN1.Cl. The van der Waals surface area contributed by atoms with Crippen molar-refractivity contribution in [2.75, 3.05) is 13.1 Å². The molecule has 3 nitrogen and oxygen atoms in total. The van der Waals surface area contributed by atoms with Crippen LogP contribution in [-0.4, -0.2) is 36.0 Å². The summed E-state index contributed by atoms with van der Waals surface area (Å²) >= 11 is 0. The van der Waals surface area contributed by atoms with E-state index >= 15 is 0 Å². The number of benzene rings is 1. The molecule has 4 heteroatoms. The second-order valence-corrected chi connectivity index (χ2v) is 6.94. The van der Waals surface area contributed by atoms with E-state index in [1.165, 1.54) is 5.56 Å². The minimum Gasteiger partial charge on any atom is -0.333 e. The Kier molecular flexibility index (Phi) is 5.83. The Balaban J connectivity index is 0.00000220. The molecule has 0 radical (unpaired) electrons. The van der Waals surface area contributed by atoms with Gasteiger partial charge in [0.1, 0.15) is 0 Å². The Bertz CT molecular complexity index is 479. The van der Waals surface area contributed by atoms with Crippen molar-refractivity contribution in [1.82, 2.24) is 10.2 Å². The predicted octanol–water partition coefficient (Wildman–Crippen LogP) is 3.23. The molecular weight excluding hydrogens is 284 g/mol. The van der Waals surface area contributed by atoms with Gasteiger partial charge in [-0.3, -0.25) is 4.79 Å². The van der Waals surface area contributed by atoms with E-state index in [2.05, 4.69) is 52.1 Å². The van der Waals surface area contributed by atoms with Gasteiger partial charge < -0.3 is 10.2 Å². The molecule has 2 rings (SSSR count). The van der Waals surface area contributed by atoms with Crippen LogP contribution in [0.1, 0.15) is 50.5 Å². The zero-order valence-corrected chi connectivity index (χ0v) is 14.5. The molecule has 118 valence electrons. The Hall–Kier alpha value is -1.06. The van der Waals surface area contributed by atoms with E-state index in [0.717, 1.165) is 18.7 Å². The number of carbonyl (C=O) groups excluding carboxylic acids is 1. The lowest BCUT2D eigenvalue weighted by atomic mass is 9.86. The van der Waals surface area contributed by atoms with Crippen molar-refractivity contribution in [3.8, 4) is 0 Å². The van der Waals surface area contributed by atoms with Gasteiger partial charge in [0.25, 0.3) is 5.91 Å². The van der Waals surface area contributed by atoms with Crippen molar-refractivity contribution in [3.05, 3.63) is 35.4 Å². The number of hydrogen-bond acceptors (Lipinski definition) is 2. The van der Waals surface area contributed by atoms with Gasteiger partial charge in [-0.2, -0.15) is 0 Å². The minimum atomic E-state index is 0. The van der Waals surface area contributed by atoms with E-state index in [1.807, 2.05) is 17.0 Å². The molecule has 1 aromatic rings. The zero-order valence-electron chi connectivity index (χ0n) is 13.6. The Morgan fingerprint density at radius 2 is 1.76 bits per heavy atom. The number of piperazine rings is 1. The van der Waals surface area contributed by atoms with Crippen LogP contribution in [0.4, 0.5) is 0 Å². The maximum atomic E-state index is 12.6. The van der Waals surface area contributed by atoms with Crippen molar-refractivity contribution in [1.29, 1.82) is 0 Å².